The highest BCUT2D eigenvalue weighted by atomic mass is 16.2. The number of anilines is 1. The molecule has 0 spiro atoms. The molecule has 6 rings (SSSR count). The first kappa shape index (κ1) is 20.0. The van der Waals surface area contributed by atoms with Gasteiger partial charge in [-0.2, -0.15) is 0 Å². The number of amides is 1. The van der Waals surface area contributed by atoms with E-state index >= 15 is 0 Å². The van der Waals surface area contributed by atoms with Crippen molar-refractivity contribution in [1.29, 1.82) is 0 Å². The average Bonchev–Trinajstić information content (AvgIpc) is 3.52. The Morgan fingerprint density at radius 3 is 2.73 bits per heavy atom. The van der Waals surface area contributed by atoms with Crippen LogP contribution >= 0.6 is 0 Å². The van der Waals surface area contributed by atoms with Gasteiger partial charge in [-0.15, -0.1) is 0 Å². The normalized spacial score (nSPS) is 19.8. The molecule has 4 N–H and O–H groups in total. The second-order valence-electron chi connectivity index (χ2n) is 8.92. The van der Waals surface area contributed by atoms with E-state index in [4.69, 9.17) is 0 Å². The number of pyridine rings is 1. The molecule has 2 aliphatic heterocycles. The number of nitrogens with one attached hydrogen (secondary N) is 4. The van der Waals surface area contributed by atoms with Crippen molar-refractivity contribution < 1.29 is 4.79 Å². The molecule has 33 heavy (non-hydrogen) atoms. The summed E-state index contributed by atoms with van der Waals surface area (Å²) in [6.07, 6.45) is 8.08. The van der Waals surface area contributed by atoms with E-state index in [0.717, 1.165) is 60.4 Å². The molecule has 8 heteroatoms. The zero-order valence-electron chi connectivity index (χ0n) is 18.4. The molecule has 4 heterocycles. The van der Waals surface area contributed by atoms with Crippen molar-refractivity contribution in [2.24, 2.45) is 10.9 Å². The zero-order valence-corrected chi connectivity index (χ0v) is 18.4. The van der Waals surface area contributed by atoms with Crippen LogP contribution in [-0.2, 0) is 4.79 Å². The SMILES string of the molecule is O=C1NC(NCC2CC2)=NC1=Cc1c[nH]c2ncc(-c3ccc(N4CCNCC4)cc3)cc12. The van der Waals surface area contributed by atoms with E-state index in [1.54, 1.807) is 0 Å². The van der Waals surface area contributed by atoms with Crippen LogP contribution in [0.25, 0.3) is 28.2 Å². The van der Waals surface area contributed by atoms with Gasteiger partial charge in [0, 0.05) is 67.3 Å². The Morgan fingerprint density at radius 2 is 1.94 bits per heavy atom. The molecule has 0 bridgehead atoms. The highest BCUT2D eigenvalue weighted by molar-refractivity contribution is 6.14. The predicted molar refractivity (Wildman–Crippen MR) is 131 cm³/mol. The number of H-pyrrole nitrogens is 1. The summed E-state index contributed by atoms with van der Waals surface area (Å²) in [6.45, 7) is 4.97. The van der Waals surface area contributed by atoms with Crippen LogP contribution in [-0.4, -0.2) is 54.6 Å². The van der Waals surface area contributed by atoms with Gasteiger partial charge in [0.25, 0.3) is 5.91 Å². The fourth-order valence-corrected chi connectivity index (χ4v) is 4.35. The number of carbonyl (C=O) groups excluding carboxylic acids is 1. The molecule has 1 aromatic carbocycles. The van der Waals surface area contributed by atoms with E-state index < -0.39 is 0 Å². The quantitative estimate of drug-likeness (QED) is 0.456. The van der Waals surface area contributed by atoms with Crippen LogP contribution in [0.1, 0.15) is 18.4 Å². The maximum absolute atomic E-state index is 12.4. The molecule has 3 aliphatic rings. The minimum absolute atomic E-state index is 0.185. The van der Waals surface area contributed by atoms with Gasteiger partial charge in [0.15, 0.2) is 0 Å². The molecule has 8 nitrogen and oxygen atoms in total. The third-order valence-electron chi connectivity index (χ3n) is 6.49. The minimum Gasteiger partial charge on any atom is -0.369 e. The summed E-state index contributed by atoms with van der Waals surface area (Å²) in [5.74, 6) is 1.07. The molecule has 2 aromatic heterocycles. The van der Waals surface area contributed by atoms with Gasteiger partial charge in [-0.3, -0.25) is 10.1 Å². The number of carbonyl (C=O) groups is 1. The van der Waals surface area contributed by atoms with Crippen LogP contribution < -0.4 is 20.9 Å². The van der Waals surface area contributed by atoms with Crippen LogP contribution in [0, 0.1) is 5.92 Å². The van der Waals surface area contributed by atoms with E-state index in [9.17, 15) is 4.79 Å². The molecule has 3 aromatic rings. The second kappa shape index (κ2) is 8.37. The van der Waals surface area contributed by atoms with E-state index in [1.807, 2.05) is 18.5 Å². The van der Waals surface area contributed by atoms with E-state index in [2.05, 4.69) is 66.1 Å². The lowest BCUT2D eigenvalue weighted by Gasteiger charge is -2.29. The number of hydrogen-bond donors (Lipinski definition) is 4. The summed E-state index contributed by atoms with van der Waals surface area (Å²) in [5, 5.41) is 10.4. The molecule has 1 saturated heterocycles. The molecular formula is C25H27N7O. The monoisotopic (exact) mass is 441 g/mol. The average molecular weight is 442 g/mol. The lowest BCUT2D eigenvalue weighted by molar-refractivity contribution is -0.115. The Morgan fingerprint density at radius 1 is 1.12 bits per heavy atom. The van der Waals surface area contributed by atoms with Crippen LogP contribution in [0.2, 0.25) is 0 Å². The third kappa shape index (κ3) is 4.21. The van der Waals surface area contributed by atoms with Crippen molar-refractivity contribution >= 4 is 34.7 Å². The molecular weight excluding hydrogens is 414 g/mol. The Kier molecular flexibility index (Phi) is 5.07. The summed E-state index contributed by atoms with van der Waals surface area (Å²) < 4.78 is 0. The fraction of sp³-hybridized carbons (Fsp3) is 0.320. The Hall–Kier alpha value is -3.65. The predicted octanol–water partition coefficient (Wildman–Crippen LogP) is 2.47. The topological polar surface area (TPSA) is 97.4 Å². The number of aromatic amines is 1. The smallest absolute Gasteiger partial charge is 0.276 e. The zero-order chi connectivity index (χ0) is 22.2. The van der Waals surface area contributed by atoms with Crippen LogP contribution in [0.15, 0.2) is 53.4 Å². The summed E-state index contributed by atoms with van der Waals surface area (Å²) in [5.41, 5.74) is 5.50. The summed E-state index contributed by atoms with van der Waals surface area (Å²) in [4.78, 5) is 27.0. The van der Waals surface area contributed by atoms with Gasteiger partial charge >= 0.3 is 0 Å². The van der Waals surface area contributed by atoms with E-state index in [1.165, 1.54) is 18.5 Å². The molecule has 1 saturated carbocycles. The van der Waals surface area contributed by atoms with Crippen LogP contribution in [0.3, 0.4) is 0 Å². The number of aromatic nitrogens is 2. The third-order valence-corrected chi connectivity index (χ3v) is 6.49. The highest BCUT2D eigenvalue weighted by Gasteiger charge is 2.25. The molecule has 0 atom stereocenters. The largest absolute Gasteiger partial charge is 0.369 e. The fourth-order valence-electron chi connectivity index (χ4n) is 4.35. The molecule has 168 valence electrons. The van der Waals surface area contributed by atoms with Crippen molar-refractivity contribution in [3.8, 4) is 11.1 Å². The number of nitrogens with zero attached hydrogens (tertiary/aromatic N) is 3. The van der Waals surface area contributed by atoms with Crippen molar-refractivity contribution in [2.75, 3.05) is 37.6 Å². The summed E-state index contributed by atoms with van der Waals surface area (Å²) >= 11 is 0. The van der Waals surface area contributed by atoms with Crippen molar-refractivity contribution in [2.45, 2.75) is 12.8 Å². The highest BCUT2D eigenvalue weighted by Crippen LogP contribution is 2.29. The first-order chi connectivity index (χ1) is 16.2. The lowest BCUT2D eigenvalue weighted by Crippen LogP contribution is -2.43. The van der Waals surface area contributed by atoms with E-state index in [0.29, 0.717) is 17.6 Å². The first-order valence-electron chi connectivity index (χ1n) is 11.6. The van der Waals surface area contributed by atoms with Gasteiger partial charge in [0.05, 0.1) is 0 Å². The number of hydrogen-bond acceptors (Lipinski definition) is 6. The molecule has 1 aliphatic carbocycles. The number of rotatable bonds is 5. The van der Waals surface area contributed by atoms with Crippen LogP contribution in [0.5, 0.6) is 0 Å². The number of fused-ring (bicyclic) bond motifs is 1. The standard InChI is InChI=1S/C25H27N7O/c33-24-22(30-25(31-24)29-13-16-1-2-16)12-19-15-28-23-21(19)11-18(14-27-23)17-3-5-20(6-4-17)32-9-7-26-8-10-32/h3-6,11-12,14-16,26H,1-2,7-10,13H2,(H,27,28)(H2,29,30,31,33). The van der Waals surface area contributed by atoms with Crippen molar-refractivity contribution in [1.82, 2.24) is 25.9 Å². The van der Waals surface area contributed by atoms with Crippen LogP contribution in [0.4, 0.5) is 5.69 Å². The number of piperazine rings is 1. The van der Waals surface area contributed by atoms with Gasteiger partial charge < -0.3 is 20.5 Å². The molecule has 2 fully saturated rings. The summed E-state index contributed by atoms with van der Waals surface area (Å²) in [6, 6.07) is 10.8. The van der Waals surface area contributed by atoms with Gasteiger partial charge in [0.1, 0.15) is 11.3 Å². The van der Waals surface area contributed by atoms with Crippen molar-refractivity contribution in [3.05, 3.63) is 54.0 Å². The van der Waals surface area contributed by atoms with Crippen molar-refractivity contribution in [3.63, 3.8) is 0 Å². The molecule has 1 amide bonds. The maximum Gasteiger partial charge on any atom is 0.276 e. The van der Waals surface area contributed by atoms with Gasteiger partial charge in [-0.1, -0.05) is 12.1 Å². The molecule has 0 radical (unpaired) electrons. The second-order valence-corrected chi connectivity index (χ2v) is 8.92. The first-order valence-corrected chi connectivity index (χ1v) is 11.6. The number of aliphatic imine (C=N–C) groups is 1. The number of guanidine groups is 1. The van der Waals surface area contributed by atoms with E-state index in [-0.39, 0.29) is 5.91 Å². The number of benzene rings is 1. The molecule has 0 unspecified atom stereocenters. The summed E-state index contributed by atoms with van der Waals surface area (Å²) in [7, 11) is 0. The lowest BCUT2D eigenvalue weighted by atomic mass is 10.0. The Bertz CT molecular complexity index is 1250. The Labute approximate surface area is 192 Å². The minimum atomic E-state index is -0.185. The van der Waals surface area contributed by atoms with Gasteiger partial charge in [-0.05, 0) is 48.6 Å². The Balaban J connectivity index is 1.25. The van der Waals surface area contributed by atoms with Gasteiger partial charge in [-0.25, -0.2) is 9.98 Å². The van der Waals surface area contributed by atoms with Gasteiger partial charge in [0.2, 0.25) is 5.96 Å². The maximum atomic E-state index is 12.4.